The molecule has 3 heterocycles. The van der Waals surface area contributed by atoms with E-state index in [4.69, 9.17) is 14.8 Å². The molecule has 49 heavy (non-hydrogen) atoms. The molecular weight excluding hydrogens is 601 g/mol. The van der Waals surface area contributed by atoms with Gasteiger partial charge in [0, 0.05) is 40.4 Å². The molecule has 0 aliphatic rings. The summed E-state index contributed by atoms with van der Waals surface area (Å²) in [5, 5.41) is 7.44. The zero-order valence-corrected chi connectivity index (χ0v) is 29.6. The Kier molecular flexibility index (Phi) is 9.09. The van der Waals surface area contributed by atoms with Gasteiger partial charge in [-0.15, -0.1) is 0 Å². The van der Waals surface area contributed by atoms with Crippen molar-refractivity contribution in [2.45, 2.75) is 79.6 Å². The fourth-order valence-corrected chi connectivity index (χ4v) is 7.23. The molecule has 0 radical (unpaired) electrons. The summed E-state index contributed by atoms with van der Waals surface area (Å²) in [6, 6.07) is 34.6. The monoisotopic (exact) mass is 646 g/mol. The van der Waals surface area contributed by atoms with Crippen LogP contribution in [0.4, 0.5) is 0 Å². The van der Waals surface area contributed by atoms with Crippen LogP contribution >= 0.6 is 0 Å². The van der Waals surface area contributed by atoms with Crippen molar-refractivity contribution in [1.29, 1.82) is 0 Å². The summed E-state index contributed by atoms with van der Waals surface area (Å²) >= 11 is 0. The highest BCUT2D eigenvalue weighted by atomic mass is 16.5. The molecule has 0 saturated carbocycles. The van der Waals surface area contributed by atoms with Gasteiger partial charge in [0.05, 0.1) is 22.4 Å². The van der Waals surface area contributed by atoms with Gasteiger partial charge in [-0.2, -0.15) is 5.10 Å². The smallest absolute Gasteiger partial charge is 0.137 e. The number of aryl methyl sites for hydroxylation is 3. The van der Waals surface area contributed by atoms with Gasteiger partial charge in [-0.25, -0.2) is 9.67 Å². The Morgan fingerprint density at radius 2 is 1.59 bits per heavy atom. The van der Waals surface area contributed by atoms with Crippen LogP contribution in [-0.2, 0) is 6.42 Å². The van der Waals surface area contributed by atoms with Gasteiger partial charge in [0.2, 0.25) is 0 Å². The molecule has 1 unspecified atom stereocenters. The molecule has 0 fully saturated rings. The number of ether oxygens (including phenoxy) is 1. The summed E-state index contributed by atoms with van der Waals surface area (Å²) in [6.45, 7) is 13.2. The first-order valence-electron chi connectivity index (χ1n) is 17.8. The Morgan fingerprint density at radius 1 is 0.755 bits per heavy atom. The molecule has 4 aromatic carbocycles. The van der Waals surface area contributed by atoms with Gasteiger partial charge in [0.1, 0.15) is 17.3 Å². The van der Waals surface area contributed by atoms with Crippen LogP contribution in [0.5, 0.6) is 11.5 Å². The maximum absolute atomic E-state index is 6.71. The van der Waals surface area contributed by atoms with Crippen molar-refractivity contribution in [3.63, 3.8) is 0 Å². The number of nitrogens with zero attached hydrogens (tertiary/aromatic N) is 4. The van der Waals surface area contributed by atoms with Crippen molar-refractivity contribution in [2.24, 2.45) is 0 Å². The molecule has 7 aromatic rings. The highest BCUT2D eigenvalue weighted by Crippen LogP contribution is 2.38. The summed E-state index contributed by atoms with van der Waals surface area (Å²) in [5.74, 6) is 3.01. The zero-order valence-electron chi connectivity index (χ0n) is 29.6. The normalized spacial score (nSPS) is 12.2. The number of aromatic nitrogens is 4. The Hall–Kier alpha value is -5.16. The summed E-state index contributed by atoms with van der Waals surface area (Å²) in [5.41, 5.74) is 11.5. The highest BCUT2D eigenvalue weighted by molar-refractivity contribution is 6.09. The van der Waals surface area contributed by atoms with Crippen molar-refractivity contribution in [1.82, 2.24) is 19.3 Å². The molecule has 7 rings (SSSR count). The first-order chi connectivity index (χ1) is 23.8. The van der Waals surface area contributed by atoms with Crippen molar-refractivity contribution in [3.05, 3.63) is 131 Å². The van der Waals surface area contributed by atoms with E-state index in [2.05, 4.69) is 142 Å². The molecule has 0 N–H and O–H groups in total. The zero-order chi connectivity index (χ0) is 34.1. The topological polar surface area (TPSA) is 44.9 Å². The Balaban J connectivity index is 1.30. The van der Waals surface area contributed by atoms with E-state index >= 15 is 0 Å². The van der Waals surface area contributed by atoms with Crippen LogP contribution in [-0.4, -0.2) is 19.3 Å². The molecule has 1 atom stereocenters. The van der Waals surface area contributed by atoms with Gasteiger partial charge < -0.3 is 4.74 Å². The lowest BCUT2D eigenvalue weighted by molar-refractivity contribution is 0.482. The number of hydrogen-bond donors (Lipinski definition) is 0. The van der Waals surface area contributed by atoms with E-state index in [-0.39, 0.29) is 0 Å². The molecule has 5 nitrogen and oxygen atoms in total. The van der Waals surface area contributed by atoms with Gasteiger partial charge in [0.25, 0.3) is 0 Å². The molecule has 0 aliphatic heterocycles. The van der Waals surface area contributed by atoms with Crippen LogP contribution in [0.1, 0.15) is 80.5 Å². The standard InChI is InChI=1S/C44H46N4O/c1-7-9-11-14-30(4)35-17-20-41-40(26-35)39-19-18-37(28-42(39)47(41)43-23-29(3)21-22-45-43)49-38-25-33(8-2)24-36(27-38)48-32(6)44(31(5)46-48)34-15-12-10-13-16-34/h10,12-13,15-28,30H,7-9,11,14H2,1-6H3. The highest BCUT2D eigenvalue weighted by Gasteiger charge is 2.18. The van der Waals surface area contributed by atoms with Crippen molar-refractivity contribution < 1.29 is 4.74 Å². The molecule has 0 saturated heterocycles. The molecule has 248 valence electrons. The van der Waals surface area contributed by atoms with Gasteiger partial charge in [0.15, 0.2) is 0 Å². The minimum atomic E-state index is 0.514. The summed E-state index contributed by atoms with van der Waals surface area (Å²) in [4.78, 5) is 4.82. The number of pyridine rings is 1. The fourth-order valence-electron chi connectivity index (χ4n) is 7.23. The van der Waals surface area contributed by atoms with Crippen molar-refractivity contribution in [3.8, 4) is 34.1 Å². The van der Waals surface area contributed by atoms with Crippen LogP contribution in [0.25, 0.3) is 44.4 Å². The van der Waals surface area contributed by atoms with E-state index < -0.39 is 0 Å². The van der Waals surface area contributed by atoms with E-state index in [0.29, 0.717) is 5.92 Å². The summed E-state index contributed by atoms with van der Waals surface area (Å²) in [6.07, 6.45) is 7.79. The van der Waals surface area contributed by atoms with Gasteiger partial charge >= 0.3 is 0 Å². The lowest BCUT2D eigenvalue weighted by Gasteiger charge is -2.13. The molecule has 0 aliphatic carbocycles. The first-order valence-corrected chi connectivity index (χ1v) is 17.8. The SMILES string of the molecule is CCCCCC(C)c1ccc2c(c1)c1ccc(Oc3cc(CC)cc(-n4nc(C)c(-c5ccccc5)c4C)c3)cc1n2-c1cc(C)ccn1. The minimum absolute atomic E-state index is 0.514. The lowest BCUT2D eigenvalue weighted by atomic mass is 9.94. The molecular formula is C44H46N4O. The summed E-state index contributed by atoms with van der Waals surface area (Å²) in [7, 11) is 0. The second kappa shape index (κ2) is 13.8. The minimum Gasteiger partial charge on any atom is -0.457 e. The first kappa shape index (κ1) is 32.4. The second-order valence-electron chi connectivity index (χ2n) is 13.5. The number of unbranched alkanes of at least 4 members (excludes halogenated alkanes) is 2. The predicted octanol–water partition coefficient (Wildman–Crippen LogP) is 12.0. The van der Waals surface area contributed by atoms with Crippen molar-refractivity contribution in [2.75, 3.05) is 0 Å². The average molecular weight is 647 g/mol. The molecule has 0 spiro atoms. The summed E-state index contributed by atoms with van der Waals surface area (Å²) < 4.78 is 11.0. The van der Waals surface area contributed by atoms with Crippen LogP contribution in [0.2, 0.25) is 0 Å². The third kappa shape index (κ3) is 6.38. The Morgan fingerprint density at radius 3 is 2.37 bits per heavy atom. The molecule has 0 amide bonds. The van der Waals surface area contributed by atoms with Crippen molar-refractivity contribution >= 4 is 21.8 Å². The quantitative estimate of drug-likeness (QED) is 0.131. The van der Waals surface area contributed by atoms with E-state index in [0.717, 1.165) is 51.8 Å². The van der Waals surface area contributed by atoms with E-state index in [9.17, 15) is 0 Å². The van der Waals surface area contributed by atoms with Gasteiger partial charge in [-0.1, -0.05) is 76.4 Å². The largest absolute Gasteiger partial charge is 0.457 e. The Bertz CT molecular complexity index is 2260. The molecule has 5 heteroatoms. The molecule has 0 bridgehead atoms. The van der Waals surface area contributed by atoms with Gasteiger partial charge in [-0.05, 0) is 110 Å². The number of fused-ring (bicyclic) bond motifs is 3. The second-order valence-corrected chi connectivity index (χ2v) is 13.5. The van der Waals surface area contributed by atoms with Crippen LogP contribution in [0.3, 0.4) is 0 Å². The molecule has 3 aromatic heterocycles. The van der Waals surface area contributed by atoms with Crippen LogP contribution in [0.15, 0.2) is 103 Å². The third-order valence-corrected chi connectivity index (χ3v) is 9.89. The van der Waals surface area contributed by atoms with Crippen LogP contribution < -0.4 is 4.74 Å². The van der Waals surface area contributed by atoms with Gasteiger partial charge in [-0.3, -0.25) is 4.57 Å². The lowest BCUT2D eigenvalue weighted by Crippen LogP contribution is -2.01. The average Bonchev–Trinajstić information content (AvgIpc) is 3.60. The van der Waals surface area contributed by atoms with E-state index in [1.807, 2.05) is 12.3 Å². The number of benzene rings is 4. The third-order valence-electron chi connectivity index (χ3n) is 9.89. The predicted molar refractivity (Wildman–Crippen MR) is 204 cm³/mol. The maximum atomic E-state index is 6.71. The Labute approximate surface area is 290 Å². The number of rotatable bonds is 11. The fraction of sp³-hybridized carbons (Fsp3) is 0.273. The van der Waals surface area contributed by atoms with E-state index in [1.54, 1.807) is 0 Å². The van der Waals surface area contributed by atoms with E-state index in [1.165, 1.54) is 64.3 Å². The van der Waals surface area contributed by atoms with Crippen LogP contribution in [0, 0.1) is 20.8 Å². The number of hydrogen-bond acceptors (Lipinski definition) is 3. The maximum Gasteiger partial charge on any atom is 0.137 e.